The normalized spacial score (nSPS) is 15.4. The number of rotatable bonds is 2. The summed E-state index contributed by atoms with van der Waals surface area (Å²) in [5.74, 6) is -0.527. The monoisotopic (exact) mass is 243 g/mol. The Labute approximate surface area is 94.9 Å². The van der Waals surface area contributed by atoms with Gasteiger partial charge in [0.05, 0.1) is 12.1 Å². The SMILES string of the molecule is O=C(C1=NCCO1)c1ccc(C(F)(F)F)cc1. The lowest BCUT2D eigenvalue weighted by atomic mass is 10.1. The Morgan fingerprint density at radius 3 is 2.35 bits per heavy atom. The van der Waals surface area contributed by atoms with Crippen molar-refractivity contribution in [3.63, 3.8) is 0 Å². The van der Waals surface area contributed by atoms with Gasteiger partial charge >= 0.3 is 6.18 Å². The molecule has 1 aromatic rings. The summed E-state index contributed by atoms with van der Waals surface area (Å²) < 4.78 is 41.8. The number of ether oxygens (including phenoxy) is 1. The molecule has 0 unspecified atom stereocenters. The van der Waals surface area contributed by atoms with E-state index < -0.39 is 17.5 Å². The van der Waals surface area contributed by atoms with Gasteiger partial charge in [-0.3, -0.25) is 4.79 Å². The molecule has 3 nitrogen and oxygen atoms in total. The van der Waals surface area contributed by atoms with Gasteiger partial charge in [-0.15, -0.1) is 0 Å². The lowest BCUT2D eigenvalue weighted by molar-refractivity contribution is -0.137. The Kier molecular flexibility index (Phi) is 2.87. The van der Waals surface area contributed by atoms with Crippen molar-refractivity contribution < 1.29 is 22.7 Å². The Morgan fingerprint density at radius 1 is 1.24 bits per heavy atom. The number of carbonyl (C=O) groups excluding carboxylic acids is 1. The van der Waals surface area contributed by atoms with E-state index in [0.29, 0.717) is 13.2 Å². The zero-order chi connectivity index (χ0) is 12.5. The average Bonchev–Trinajstić information content (AvgIpc) is 2.80. The largest absolute Gasteiger partial charge is 0.473 e. The Balaban J connectivity index is 2.21. The molecule has 1 aliphatic rings. The molecule has 0 bridgehead atoms. The first-order valence-electron chi connectivity index (χ1n) is 4.88. The summed E-state index contributed by atoms with van der Waals surface area (Å²) in [6.07, 6.45) is -4.40. The molecule has 0 amide bonds. The predicted octanol–water partition coefficient (Wildman–Crippen LogP) is 2.32. The van der Waals surface area contributed by atoms with E-state index in [0.717, 1.165) is 24.3 Å². The predicted molar refractivity (Wildman–Crippen MR) is 54.0 cm³/mol. The maximum atomic E-state index is 12.3. The van der Waals surface area contributed by atoms with Crippen molar-refractivity contribution in [2.45, 2.75) is 6.18 Å². The van der Waals surface area contributed by atoms with E-state index in [4.69, 9.17) is 4.74 Å². The fourth-order valence-electron chi connectivity index (χ4n) is 1.41. The number of ketones is 1. The molecule has 0 saturated carbocycles. The molecular weight excluding hydrogens is 235 g/mol. The van der Waals surface area contributed by atoms with Crippen LogP contribution >= 0.6 is 0 Å². The van der Waals surface area contributed by atoms with Crippen molar-refractivity contribution in [1.82, 2.24) is 0 Å². The highest BCUT2D eigenvalue weighted by Crippen LogP contribution is 2.29. The molecule has 17 heavy (non-hydrogen) atoms. The molecule has 0 radical (unpaired) electrons. The van der Waals surface area contributed by atoms with Gasteiger partial charge < -0.3 is 4.74 Å². The lowest BCUT2D eigenvalue weighted by Gasteiger charge is -2.07. The minimum Gasteiger partial charge on any atom is -0.473 e. The van der Waals surface area contributed by atoms with Crippen molar-refractivity contribution in [3.05, 3.63) is 35.4 Å². The maximum absolute atomic E-state index is 12.3. The van der Waals surface area contributed by atoms with E-state index in [2.05, 4.69) is 4.99 Å². The standard InChI is InChI=1S/C11H8F3NO2/c12-11(13,14)8-3-1-7(2-4-8)9(16)10-15-5-6-17-10/h1-4H,5-6H2. The zero-order valence-electron chi connectivity index (χ0n) is 8.62. The van der Waals surface area contributed by atoms with Crippen molar-refractivity contribution in [3.8, 4) is 0 Å². The molecule has 0 saturated heterocycles. The molecular formula is C11H8F3NO2. The third kappa shape index (κ3) is 2.46. The van der Waals surface area contributed by atoms with Gasteiger partial charge in [-0.2, -0.15) is 13.2 Å². The minimum absolute atomic E-state index is 0.0373. The van der Waals surface area contributed by atoms with Crippen LogP contribution in [0.2, 0.25) is 0 Å². The first-order chi connectivity index (χ1) is 7.98. The summed E-state index contributed by atoms with van der Waals surface area (Å²) in [5.41, 5.74) is -0.651. The van der Waals surface area contributed by atoms with Crippen LogP contribution in [0.5, 0.6) is 0 Å². The minimum atomic E-state index is -4.40. The number of halogens is 3. The van der Waals surface area contributed by atoms with Crippen LogP contribution in [0.15, 0.2) is 29.3 Å². The number of benzene rings is 1. The van der Waals surface area contributed by atoms with E-state index in [-0.39, 0.29) is 11.5 Å². The van der Waals surface area contributed by atoms with Crippen LogP contribution in [0.3, 0.4) is 0 Å². The van der Waals surface area contributed by atoms with Gasteiger partial charge in [-0.1, -0.05) is 12.1 Å². The van der Waals surface area contributed by atoms with E-state index in [1.54, 1.807) is 0 Å². The first kappa shape index (κ1) is 11.6. The van der Waals surface area contributed by atoms with Gasteiger partial charge in [-0.05, 0) is 12.1 Å². The van der Waals surface area contributed by atoms with Crippen molar-refractivity contribution in [2.75, 3.05) is 13.2 Å². The van der Waals surface area contributed by atoms with E-state index in [1.165, 1.54) is 0 Å². The van der Waals surface area contributed by atoms with E-state index in [9.17, 15) is 18.0 Å². The molecule has 0 fully saturated rings. The Morgan fingerprint density at radius 2 is 1.88 bits per heavy atom. The van der Waals surface area contributed by atoms with Crippen molar-refractivity contribution in [2.24, 2.45) is 4.99 Å². The average molecular weight is 243 g/mol. The summed E-state index contributed by atoms with van der Waals surface area (Å²) >= 11 is 0. The fraction of sp³-hybridized carbons (Fsp3) is 0.273. The van der Waals surface area contributed by atoms with Gasteiger partial charge in [0.2, 0.25) is 5.78 Å². The van der Waals surface area contributed by atoms with Gasteiger partial charge in [0.1, 0.15) is 6.61 Å². The second kappa shape index (κ2) is 4.20. The Bertz CT molecular complexity index is 463. The summed E-state index contributed by atoms with van der Waals surface area (Å²) in [6.45, 7) is 0.740. The topological polar surface area (TPSA) is 38.7 Å². The summed E-state index contributed by atoms with van der Waals surface area (Å²) in [5, 5.41) is 0. The fourth-order valence-corrected chi connectivity index (χ4v) is 1.41. The van der Waals surface area contributed by atoms with Crippen LogP contribution in [0, 0.1) is 0 Å². The van der Waals surface area contributed by atoms with Crippen LogP contribution in [-0.2, 0) is 10.9 Å². The molecule has 0 aromatic heterocycles. The molecule has 0 atom stereocenters. The molecule has 1 heterocycles. The second-order valence-corrected chi connectivity index (χ2v) is 3.44. The molecule has 1 aromatic carbocycles. The highest BCUT2D eigenvalue weighted by Gasteiger charge is 2.30. The number of aliphatic imine (C=N–C) groups is 1. The first-order valence-corrected chi connectivity index (χ1v) is 4.88. The molecule has 6 heteroatoms. The molecule has 0 aliphatic carbocycles. The van der Waals surface area contributed by atoms with Crippen LogP contribution in [0.4, 0.5) is 13.2 Å². The highest BCUT2D eigenvalue weighted by molar-refractivity contribution is 6.43. The zero-order valence-corrected chi connectivity index (χ0v) is 8.62. The molecule has 0 spiro atoms. The molecule has 90 valence electrons. The number of hydrogen-bond acceptors (Lipinski definition) is 3. The number of carbonyl (C=O) groups is 1. The lowest BCUT2D eigenvalue weighted by Crippen LogP contribution is -2.15. The molecule has 2 rings (SSSR count). The summed E-state index contributed by atoms with van der Waals surface area (Å²) in [4.78, 5) is 15.5. The van der Waals surface area contributed by atoms with Crippen molar-refractivity contribution >= 4 is 11.7 Å². The number of Topliss-reactive ketones (excluding diaryl/α,β-unsaturated/α-hetero) is 1. The summed E-state index contributed by atoms with van der Waals surface area (Å²) in [7, 11) is 0. The summed E-state index contributed by atoms with van der Waals surface area (Å²) in [6, 6.07) is 3.97. The van der Waals surface area contributed by atoms with Crippen LogP contribution in [-0.4, -0.2) is 24.8 Å². The van der Waals surface area contributed by atoms with Crippen molar-refractivity contribution in [1.29, 1.82) is 0 Å². The number of alkyl halides is 3. The van der Waals surface area contributed by atoms with Gasteiger partial charge in [-0.25, -0.2) is 4.99 Å². The van der Waals surface area contributed by atoms with E-state index >= 15 is 0 Å². The quantitative estimate of drug-likeness (QED) is 0.747. The third-order valence-electron chi connectivity index (χ3n) is 2.25. The molecule has 0 N–H and O–H groups in total. The van der Waals surface area contributed by atoms with Crippen LogP contribution in [0.25, 0.3) is 0 Å². The van der Waals surface area contributed by atoms with Gasteiger partial charge in [0, 0.05) is 5.56 Å². The molecule has 1 aliphatic heterocycles. The second-order valence-electron chi connectivity index (χ2n) is 3.44. The van der Waals surface area contributed by atoms with Gasteiger partial charge in [0.25, 0.3) is 5.90 Å². The van der Waals surface area contributed by atoms with Gasteiger partial charge in [0.15, 0.2) is 0 Å². The Hall–Kier alpha value is -1.85. The third-order valence-corrected chi connectivity index (χ3v) is 2.25. The smallest absolute Gasteiger partial charge is 0.416 e. The van der Waals surface area contributed by atoms with E-state index in [1.807, 2.05) is 0 Å². The highest BCUT2D eigenvalue weighted by atomic mass is 19.4. The number of nitrogens with zero attached hydrogens (tertiary/aromatic N) is 1. The van der Waals surface area contributed by atoms with Crippen LogP contribution < -0.4 is 0 Å². The number of hydrogen-bond donors (Lipinski definition) is 0. The van der Waals surface area contributed by atoms with Crippen LogP contribution in [0.1, 0.15) is 15.9 Å². The maximum Gasteiger partial charge on any atom is 0.416 e.